The molecule has 31 heavy (non-hydrogen) atoms. The lowest BCUT2D eigenvalue weighted by atomic mass is 9.86. The van der Waals surface area contributed by atoms with Gasteiger partial charge in [-0.2, -0.15) is 13.1 Å². The van der Waals surface area contributed by atoms with Crippen LogP contribution in [0.2, 0.25) is 0 Å². The van der Waals surface area contributed by atoms with Gasteiger partial charge in [-0.1, -0.05) is 0 Å². The first-order valence-electron chi connectivity index (χ1n) is 9.01. The predicted octanol–water partition coefficient (Wildman–Crippen LogP) is 1.99. The highest BCUT2D eigenvalue weighted by atomic mass is 79.9. The van der Waals surface area contributed by atoms with Crippen molar-refractivity contribution in [1.82, 2.24) is 19.9 Å². The molecule has 0 saturated carbocycles. The van der Waals surface area contributed by atoms with Crippen LogP contribution < -0.4 is 10.6 Å². The van der Waals surface area contributed by atoms with Gasteiger partial charge in [0.2, 0.25) is 15.9 Å². The number of rotatable bonds is 5. The minimum Gasteiger partial charge on any atom is -0.351 e. The Morgan fingerprint density at radius 3 is 2.61 bits per heavy atom. The molecule has 13 heteroatoms. The Bertz CT molecular complexity index is 1130. The molecule has 0 aliphatic carbocycles. The number of sulfonamides is 1. The summed E-state index contributed by atoms with van der Waals surface area (Å²) >= 11 is 3.07. The van der Waals surface area contributed by atoms with E-state index in [1.165, 1.54) is 6.07 Å². The van der Waals surface area contributed by atoms with Gasteiger partial charge in [0.1, 0.15) is 22.3 Å². The first-order chi connectivity index (χ1) is 14.5. The van der Waals surface area contributed by atoms with E-state index in [0.717, 1.165) is 30.5 Å². The summed E-state index contributed by atoms with van der Waals surface area (Å²) in [6, 6.07) is -0.986. The van der Waals surface area contributed by atoms with E-state index in [0.29, 0.717) is 8.91 Å². The third kappa shape index (κ3) is 3.95. The molecule has 7 nitrogen and oxygen atoms in total. The molecule has 2 saturated heterocycles. The van der Waals surface area contributed by atoms with Crippen molar-refractivity contribution < 1.29 is 30.8 Å². The molecule has 1 amide bonds. The minimum absolute atomic E-state index is 0.0382. The number of amides is 1. The summed E-state index contributed by atoms with van der Waals surface area (Å²) in [6.07, 6.45) is 0.923. The van der Waals surface area contributed by atoms with Crippen molar-refractivity contribution in [2.75, 3.05) is 6.54 Å². The van der Waals surface area contributed by atoms with E-state index in [2.05, 4.69) is 26.2 Å². The number of aromatic nitrogens is 1. The molecule has 2 fully saturated rings. The van der Waals surface area contributed by atoms with E-state index in [9.17, 15) is 30.8 Å². The fourth-order valence-electron chi connectivity index (χ4n) is 3.81. The van der Waals surface area contributed by atoms with Crippen molar-refractivity contribution in [3.05, 3.63) is 58.3 Å². The van der Waals surface area contributed by atoms with Crippen molar-refractivity contribution in [2.45, 2.75) is 29.6 Å². The lowest BCUT2D eigenvalue weighted by molar-refractivity contribution is -0.178. The molecule has 2 unspecified atom stereocenters. The number of alkyl halides is 2. The average Bonchev–Trinajstić information content (AvgIpc) is 3.04. The molecular formula is C18H15BrF4N4O3S. The quantitative estimate of drug-likeness (QED) is 0.356. The number of carbonyl (C=O) groups is 1. The Morgan fingerprint density at radius 1 is 1.29 bits per heavy atom. The number of benzene rings is 1. The zero-order chi connectivity index (χ0) is 22.6. The normalized spacial score (nSPS) is 25.0. The van der Waals surface area contributed by atoms with Crippen molar-refractivity contribution in [3.8, 4) is 0 Å². The molecule has 2 aromatic rings. The number of halogens is 5. The van der Waals surface area contributed by atoms with Crippen LogP contribution in [0.25, 0.3) is 0 Å². The molecule has 3 heterocycles. The minimum atomic E-state index is -4.38. The highest BCUT2D eigenvalue weighted by Crippen LogP contribution is 2.46. The molecule has 1 aromatic heterocycles. The Morgan fingerprint density at radius 2 is 1.97 bits per heavy atom. The van der Waals surface area contributed by atoms with Gasteiger partial charge in [0.05, 0.1) is 17.0 Å². The Hall–Kier alpha value is -2.09. The summed E-state index contributed by atoms with van der Waals surface area (Å²) in [5, 5.41) is 4.30. The number of fused-ring (bicyclic) bond motifs is 1. The van der Waals surface area contributed by atoms with Crippen LogP contribution >= 0.6 is 15.9 Å². The first kappa shape index (κ1) is 22.1. The SMILES string of the molecule is O=C(NCc1cc(Br)ncc1F)[C@@H]1C2C(CN1S(=O)(=O)c1ccc(F)cc1)NC2(F)F. The molecule has 0 radical (unpaired) electrons. The van der Waals surface area contributed by atoms with Crippen LogP contribution in [0.1, 0.15) is 5.56 Å². The van der Waals surface area contributed by atoms with Crippen molar-refractivity contribution in [3.63, 3.8) is 0 Å². The van der Waals surface area contributed by atoms with E-state index in [1.54, 1.807) is 0 Å². The highest BCUT2D eigenvalue weighted by molar-refractivity contribution is 9.10. The Kier molecular flexibility index (Phi) is 5.56. The number of nitrogens with one attached hydrogen (secondary N) is 2. The van der Waals surface area contributed by atoms with E-state index in [4.69, 9.17) is 0 Å². The number of carbonyl (C=O) groups excluding carboxylic acids is 1. The topological polar surface area (TPSA) is 91.4 Å². The van der Waals surface area contributed by atoms with E-state index < -0.39 is 51.6 Å². The molecule has 0 bridgehead atoms. The standard InChI is InChI=1S/C18H15BrF4N4O3S/c19-14-5-9(12(21)7-24-14)6-25-17(28)16-15-13(26-18(15,22)23)8-27(16)31(29,30)11-3-1-10(20)2-4-11/h1-5,7,13,15-16,26H,6,8H2,(H,25,28)/t13?,15?,16-/m0/s1. The molecule has 166 valence electrons. The molecule has 1 aromatic carbocycles. The summed E-state index contributed by atoms with van der Waals surface area (Å²) in [5.74, 6) is -3.99. The highest BCUT2D eigenvalue weighted by Gasteiger charge is 2.68. The maximum atomic E-state index is 14.2. The van der Waals surface area contributed by atoms with Crippen LogP contribution in [-0.4, -0.2) is 48.3 Å². The second-order valence-corrected chi connectivity index (χ2v) is 9.89. The van der Waals surface area contributed by atoms with Gasteiger partial charge in [0, 0.05) is 24.7 Å². The molecule has 0 spiro atoms. The number of nitrogens with zero attached hydrogens (tertiary/aromatic N) is 2. The molecular weight excluding hydrogens is 508 g/mol. The second kappa shape index (κ2) is 7.80. The van der Waals surface area contributed by atoms with Gasteiger partial charge in [-0.05, 0) is 46.3 Å². The molecule has 2 N–H and O–H groups in total. The van der Waals surface area contributed by atoms with Gasteiger partial charge in [0.15, 0.2) is 0 Å². The first-order valence-corrected chi connectivity index (χ1v) is 11.2. The Balaban J connectivity index is 1.62. The van der Waals surface area contributed by atoms with E-state index in [-0.39, 0.29) is 23.5 Å². The van der Waals surface area contributed by atoms with Crippen molar-refractivity contribution in [1.29, 1.82) is 0 Å². The van der Waals surface area contributed by atoms with E-state index >= 15 is 0 Å². The molecule has 2 aliphatic heterocycles. The van der Waals surface area contributed by atoms with Gasteiger partial charge in [0.25, 0.3) is 0 Å². The molecule has 3 atom stereocenters. The summed E-state index contributed by atoms with van der Waals surface area (Å²) in [7, 11) is -4.38. The summed E-state index contributed by atoms with van der Waals surface area (Å²) in [4.78, 5) is 16.2. The number of pyridine rings is 1. The number of hydrogen-bond donors (Lipinski definition) is 2. The maximum Gasteiger partial charge on any atom is 0.309 e. The largest absolute Gasteiger partial charge is 0.351 e. The van der Waals surface area contributed by atoms with Gasteiger partial charge in [-0.25, -0.2) is 22.2 Å². The lowest BCUT2D eigenvalue weighted by Crippen LogP contribution is -2.69. The van der Waals surface area contributed by atoms with E-state index in [1.807, 2.05) is 5.32 Å². The van der Waals surface area contributed by atoms with Crippen LogP contribution in [0.4, 0.5) is 17.6 Å². The fraction of sp³-hybridized carbons (Fsp3) is 0.333. The molecule has 2 aliphatic rings. The van der Waals surface area contributed by atoms with Gasteiger partial charge in [-0.3, -0.25) is 10.1 Å². The predicted molar refractivity (Wildman–Crippen MR) is 103 cm³/mol. The van der Waals surface area contributed by atoms with Crippen molar-refractivity contribution >= 4 is 31.9 Å². The van der Waals surface area contributed by atoms with Crippen LogP contribution in [-0.2, 0) is 21.4 Å². The smallest absolute Gasteiger partial charge is 0.309 e. The van der Waals surface area contributed by atoms with Crippen LogP contribution in [0, 0.1) is 17.6 Å². The monoisotopic (exact) mass is 522 g/mol. The van der Waals surface area contributed by atoms with Gasteiger partial charge in [-0.15, -0.1) is 0 Å². The van der Waals surface area contributed by atoms with Crippen LogP contribution in [0.3, 0.4) is 0 Å². The molecule has 4 rings (SSSR count). The van der Waals surface area contributed by atoms with Crippen molar-refractivity contribution in [2.24, 2.45) is 5.92 Å². The summed E-state index contributed by atoms with van der Waals surface area (Å²) in [5.41, 5.74) is 0.0382. The average molecular weight is 523 g/mol. The Labute approximate surface area is 183 Å². The van der Waals surface area contributed by atoms with Crippen LogP contribution in [0.15, 0.2) is 46.0 Å². The number of hydrogen-bond acceptors (Lipinski definition) is 5. The maximum absolute atomic E-state index is 14.2. The zero-order valence-corrected chi connectivity index (χ0v) is 17.9. The summed E-state index contributed by atoms with van der Waals surface area (Å²) < 4.78 is 82.5. The zero-order valence-electron chi connectivity index (χ0n) is 15.5. The second-order valence-electron chi connectivity index (χ2n) is 7.19. The van der Waals surface area contributed by atoms with Gasteiger partial charge >= 0.3 is 6.05 Å². The fourth-order valence-corrected chi connectivity index (χ4v) is 5.82. The van der Waals surface area contributed by atoms with Gasteiger partial charge < -0.3 is 5.32 Å². The van der Waals surface area contributed by atoms with Crippen LogP contribution in [0.5, 0.6) is 0 Å². The summed E-state index contributed by atoms with van der Waals surface area (Å²) in [6.45, 7) is -0.726. The lowest BCUT2D eigenvalue weighted by Gasteiger charge is -2.42. The third-order valence-corrected chi connectivity index (χ3v) is 7.60. The third-order valence-electron chi connectivity index (χ3n) is 5.30.